The second-order valence-corrected chi connectivity index (χ2v) is 6.79. The van der Waals surface area contributed by atoms with E-state index in [0.717, 1.165) is 22.7 Å². The largest absolute Gasteiger partial charge is 0.497 e. The fourth-order valence-electron chi connectivity index (χ4n) is 2.51. The maximum atomic E-state index is 12.5. The molecule has 0 saturated heterocycles. The summed E-state index contributed by atoms with van der Waals surface area (Å²) in [5, 5.41) is 5.31. The molecule has 1 aromatic heterocycles. The molecule has 7 heteroatoms. The van der Waals surface area contributed by atoms with E-state index in [1.54, 1.807) is 43.9 Å². The van der Waals surface area contributed by atoms with E-state index in [1.165, 1.54) is 11.3 Å². The summed E-state index contributed by atoms with van der Waals surface area (Å²) in [6, 6.07) is 12.8. The Morgan fingerprint density at radius 3 is 2.54 bits per heavy atom. The van der Waals surface area contributed by atoms with Crippen molar-refractivity contribution in [1.82, 2.24) is 4.98 Å². The number of benzene rings is 2. The predicted octanol–water partition coefficient (Wildman–Crippen LogP) is 4.87. The van der Waals surface area contributed by atoms with Gasteiger partial charge in [-0.1, -0.05) is 6.92 Å². The number of aromatic nitrogens is 1. The summed E-state index contributed by atoms with van der Waals surface area (Å²) in [5.41, 5.74) is 1.91. The Morgan fingerprint density at radius 2 is 1.86 bits per heavy atom. The molecule has 0 radical (unpaired) electrons. The van der Waals surface area contributed by atoms with Crippen molar-refractivity contribution in [2.45, 2.75) is 13.3 Å². The van der Waals surface area contributed by atoms with Gasteiger partial charge in [-0.2, -0.15) is 0 Å². The molecule has 0 aliphatic heterocycles. The zero-order valence-corrected chi connectivity index (χ0v) is 16.8. The van der Waals surface area contributed by atoms with Crippen molar-refractivity contribution in [2.75, 3.05) is 26.1 Å². The van der Waals surface area contributed by atoms with Gasteiger partial charge in [0.05, 0.1) is 20.8 Å². The number of hydrogen-bond donors (Lipinski definition) is 1. The quantitative estimate of drug-likeness (QED) is 0.586. The van der Waals surface area contributed by atoms with Gasteiger partial charge in [0.25, 0.3) is 5.91 Å². The van der Waals surface area contributed by atoms with Crippen LogP contribution in [0.15, 0.2) is 47.8 Å². The van der Waals surface area contributed by atoms with Gasteiger partial charge in [0.15, 0.2) is 11.5 Å². The fraction of sp³-hybridized carbons (Fsp3) is 0.238. The van der Waals surface area contributed by atoms with Gasteiger partial charge in [0, 0.05) is 16.6 Å². The van der Waals surface area contributed by atoms with Gasteiger partial charge < -0.3 is 19.5 Å². The first kappa shape index (κ1) is 19.7. The van der Waals surface area contributed by atoms with Crippen LogP contribution in [0.25, 0.3) is 10.6 Å². The summed E-state index contributed by atoms with van der Waals surface area (Å²) in [4.78, 5) is 16.9. The van der Waals surface area contributed by atoms with E-state index in [-0.39, 0.29) is 5.91 Å². The first-order chi connectivity index (χ1) is 13.6. The summed E-state index contributed by atoms with van der Waals surface area (Å²) >= 11 is 1.40. The third-order valence-corrected chi connectivity index (χ3v) is 4.85. The molecule has 0 spiro atoms. The number of nitrogens with one attached hydrogen (secondary N) is 1. The standard InChI is InChI=1S/C21H22N2O4S/c1-4-11-27-18-10-5-14(12-19(18)26-3)21-23-17(13-28-21)20(24)22-15-6-8-16(25-2)9-7-15/h5-10,12-13H,4,11H2,1-3H3,(H,22,24). The number of rotatable bonds is 8. The summed E-state index contributed by atoms with van der Waals surface area (Å²) in [6.45, 7) is 2.68. The topological polar surface area (TPSA) is 69.7 Å². The van der Waals surface area contributed by atoms with Crippen LogP contribution in [0.5, 0.6) is 17.2 Å². The van der Waals surface area contributed by atoms with Crippen molar-refractivity contribution in [2.24, 2.45) is 0 Å². The Hall–Kier alpha value is -3.06. The molecule has 6 nitrogen and oxygen atoms in total. The average molecular weight is 398 g/mol. The minimum atomic E-state index is -0.262. The summed E-state index contributed by atoms with van der Waals surface area (Å²) in [5.74, 6) is 1.81. The molecule has 146 valence electrons. The van der Waals surface area contributed by atoms with E-state index >= 15 is 0 Å². The van der Waals surface area contributed by atoms with Gasteiger partial charge in [-0.05, 0) is 48.9 Å². The third kappa shape index (κ3) is 4.61. The van der Waals surface area contributed by atoms with Gasteiger partial charge in [-0.25, -0.2) is 4.98 Å². The smallest absolute Gasteiger partial charge is 0.275 e. The molecule has 1 amide bonds. The second-order valence-electron chi connectivity index (χ2n) is 5.93. The number of nitrogens with zero attached hydrogens (tertiary/aromatic N) is 1. The van der Waals surface area contributed by atoms with E-state index in [9.17, 15) is 4.79 Å². The summed E-state index contributed by atoms with van der Waals surface area (Å²) in [7, 11) is 3.20. The minimum Gasteiger partial charge on any atom is -0.497 e. The Kier molecular flexibility index (Phi) is 6.49. The molecule has 0 bridgehead atoms. The molecule has 0 unspecified atom stereocenters. The van der Waals surface area contributed by atoms with Crippen LogP contribution in [-0.4, -0.2) is 31.7 Å². The lowest BCUT2D eigenvalue weighted by Gasteiger charge is -2.10. The highest BCUT2D eigenvalue weighted by atomic mass is 32.1. The van der Waals surface area contributed by atoms with Crippen molar-refractivity contribution >= 4 is 22.9 Å². The molecule has 0 fully saturated rings. The number of carbonyl (C=O) groups is 1. The normalized spacial score (nSPS) is 10.4. The molecular weight excluding hydrogens is 376 g/mol. The number of ether oxygens (including phenoxy) is 3. The molecule has 1 N–H and O–H groups in total. The number of carbonyl (C=O) groups excluding carboxylic acids is 1. The van der Waals surface area contributed by atoms with Crippen molar-refractivity contribution in [3.05, 3.63) is 53.5 Å². The molecule has 2 aromatic carbocycles. The van der Waals surface area contributed by atoms with Crippen LogP contribution in [0.1, 0.15) is 23.8 Å². The van der Waals surface area contributed by atoms with E-state index in [1.807, 2.05) is 18.2 Å². The third-order valence-electron chi connectivity index (χ3n) is 3.96. The van der Waals surface area contributed by atoms with Crippen molar-refractivity contribution in [3.8, 4) is 27.8 Å². The lowest BCUT2D eigenvalue weighted by atomic mass is 10.2. The van der Waals surface area contributed by atoms with Crippen LogP contribution in [0, 0.1) is 0 Å². The van der Waals surface area contributed by atoms with Gasteiger partial charge in [-0.3, -0.25) is 4.79 Å². The fourth-order valence-corrected chi connectivity index (χ4v) is 3.31. The molecular formula is C21H22N2O4S. The first-order valence-electron chi connectivity index (χ1n) is 8.86. The Labute approximate surface area is 168 Å². The number of anilines is 1. The molecule has 3 aromatic rings. The first-order valence-corrected chi connectivity index (χ1v) is 9.74. The number of methoxy groups -OCH3 is 2. The van der Waals surface area contributed by atoms with Gasteiger partial charge >= 0.3 is 0 Å². The highest BCUT2D eigenvalue weighted by molar-refractivity contribution is 7.13. The Bertz CT molecular complexity index is 938. The van der Waals surface area contributed by atoms with Crippen LogP contribution < -0.4 is 19.5 Å². The van der Waals surface area contributed by atoms with E-state index < -0.39 is 0 Å². The van der Waals surface area contributed by atoms with E-state index in [2.05, 4.69) is 17.2 Å². The minimum absolute atomic E-state index is 0.262. The Morgan fingerprint density at radius 1 is 1.07 bits per heavy atom. The highest BCUT2D eigenvalue weighted by Crippen LogP contribution is 2.34. The zero-order valence-electron chi connectivity index (χ0n) is 16.0. The maximum Gasteiger partial charge on any atom is 0.275 e. The summed E-state index contributed by atoms with van der Waals surface area (Å²) < 4.78 is 16.2. The van der Waals surface area contributed by atoms with Crippen molar-refractivity contribution in [1.29, 1.82) is 0 Å². The average Bonchev–Trinajstić information content (AvgIpc) is 3.23. The van der Waals surface area contributed by atoms with Crippen LogP contribution >= 0.6 is 11.3 Å². The zero-order chi connectivity index (χ0) is 19.9. The summed E-state index contributed by atoms with van der Waals surface area (Å²) in [6.07, 6.45) is 0.921. The van der Waals surface area contributed by atoms with Crippen molar-refractivity contribution < 1.29 is 19.0 Å². The number of hydrogen-bond acceptors (Lipinski definition) is 6. The second kappa shape index (κ2) is 9.23. The van der Waals surface area contributed by atoms with E-state index in [4.69, 9.17) is 14.2 Å². The van der Waals surface area contributed by atoms with Crippen LogP contribution in [0.4, 0.5) is 5.69 Å². The van der Waals surface area contributed by atoms with Crippen LogP contribution in [-0.2, 0) is 0 Å². The van der Waals surface area contributed by atoms with Gasteiger partial charge in [0.1, 0.15) is 16.5 Å². The lowest BCUT2D eigenvalue weighted by Crippen LogP contribution is -2.12. The number of thiazole rings is 1. The SMILES string of the molecule is CCCOc1ccc(-c2nc(C(=O)Nc3ccc(OC)cc3)cs2)cc1OC. The van der Waals surface area contributed by atoms with Crippen LogP contribution in [0.3, 0.4) is 0 Å². The maximum absolute atomic E-state index is 12.5. The Balaban J connectivity index is 1.74. The molecule has 0 aliphatic rings. The van der Waals surface area contributed by atoms with Crippen LogP contribution in [0.2, 0.25) is 0 Å². The molecule has 1 heterocycles. The predicted molar refractivity (Wildman–Crippen MR) is 111 cm³/mol. The molecule has 0 saturated carbocycles. The van der Waals surface area contributed by atoms with E-state index in [0.29, 0.717) is 29.5 Å². The molecule has 3 rings (SSSR count). The monoisotopic (exact) mass is 398 g/mol. The molecule has 28 heavy (non-hydrogen) atoms. The van der Waals surface area contributed by atoms with Gasteiger partial charge in [0.2, 0.25) is 0 Å². The molecule has 0 atom stereocenters. The lowest BCUT2D eigenvalue weighted by molar-refractivity contribution is 0.102. The van der Waals surface area contributed by atoms with Gasteiger partial charge in [-0.15, -0.1) is 11.3 Å². The molecule has 0 aliphatic carbocycles. The van der Waals surface area contributed by atoms with Crippen molar-refractivity contribution in [3.63, 3.8) is 0 Å². The number of amides is 1. The highest BCUT2D eigenvalue weighted by Gasteiger charge is 2.14.